The van der Waals surface area contributed by atoms with Crippen molar-refractivity contribution in [2.75, 3.05) is 13.2 Å². The fourth-order valence-electron chi connectivity index (χ4n) is 1.69. The summed E-state index contributed by atoms with van der Waals surface area (Å²) >= 11 is 0. The van der Waals surface area contributed by atoms with Crippen LogP contribution in [0.2, 0.25) is 0 Å². The van der Waals surface area contributed by atoms with E-state index in [9.17, 15) is 33.6 Å². The lowest BCUT2D eigenvalue weighted by Gasteiger charge is -2.25. The number of hydrogen-bond acceptors (Lipinski definition) is 8. The van der Waals surface area contributed by atoms with Gasteiger partial charge in [-0.2, -0.15) is 8.42 Å². The first-order valence-corrected chi connectivity index (χ1v) is 8.58. The van der Waals surface area contributed by atoms with Gasteiger partial charge < -0.3 is 25.7 Å². The van der Waals surface area contributed by atoms with Crippen LogP contribution in [0.4, 0.5) is 0 Å². The van der Waals surface area contributed by atoms with Gasteiger partial charge in [0.25, 0.3) is 5.91 Å². The predicted octanol–water partition coefficient (Wildman–Crippen LogP) is -2.05. The van der Waals surface area contributed by atoms with Crippen LogP contribution in [0.3, 0.4) is 0 Å². The molecule has 4 atom stereocenters. The maximum Gasteiger partial charge on any atom is 0.397 e. The SMILES string of the molecule is CCCCCCNC(=O)[C@H](O)[C@@H](O)[C@H](O)[C@H](O)COS(=O)(=O)O. The Bertz CT molecular complexity index is 442. The van der Waals surface area contributed by atoms with E-state index in [1.807, 2.05) is 6.92 Å². The highest BCUT2D eigenvalue weighted by atomic mass is 32.3. The van der Waals surface area contributed by atoms with E-state index in [1.54, 1.807) is 0 Å². The van der Waals surface area contributed by atoms with Gasteiger partial charge in [-0.05, 0) is 6.42 Å². The fourth-order valence-corrected chi connectivity index (χ4v) is 2.00. The number of aliphatic hydroxyl groups excluding tert-OH is 4. The van der Waals surface area contributed by atoms with Crippen LogP contribution in [0.15, 0.2) is 0 Å². The Morgan fingerprint density at radius 3 is 2.22 bits per heavy atom. The molecule has 0 unspecified atom stereocenters. The molecule has 0 aromatic carbocycles. The highest BCUT2D eigenvalue weighted by Gasteiger charge is 2.34. The van der Waals surface area contributed by atoms with Crippen molar-refractivity contribution in [2.45, 2.75) is 57.0 Å². The average Bonchev–Trinajstić information content (AvgIpc) is 2.49. The Balaban J connectivity index is 4.28. The molecule has 6 N–H and O–H groups in total. The lowest BCUT2D eigenvalue weighted by atomic mass is 10.0. The predicted molar refractivity (Wildman–Crippen MR) is 78.7 cm³/mol. The number of carbonyl (C=O) groups is 1. The second-order valence-electron chi connectivity index (χ2n) is 5.06. The quantitative estimate of drug-likeness (QED) is 0.169. The Kier molecular flexibility index (Phi) is 10.5. The van der Waals surface area contributed by atoms with E-state index in [0.717, 1.165) is 19.3 Å². The van der Waals surface area contributed by atoms with E-state index in [1.165, 1.54) is 0 Å². The first-order chi connectivity index (χ1) is 10.6. The first kappa shape index (κ1) is 22.2. The molecule has 0 saturated heterocycles. The van der Waals surface area contributed by atoms with Gasteiger partial charge in [0, 0.05) is 6.54 Å². The van der Waals surface area contributed by atoms with E-state index in [0.29, 0.717) is 6.42 Å². The Morgan fingerprint density at radius 2 is 1.70 bits per heavy atom. The van der Waals surface area contributed by atoms with E-state index < -0.39 is 47.3 Å². The second kappa shape index (κ2) is 10.9. The number of rotatable bonds is 12. The Hall–Kier alpha value is -0.820. The van der Waals surface area contributed by atoms with Gasteiger partial charge in [-0.15, -0.1) is 0 Å². The minimum absolute atomic E-state index is 0.285. The van der Waals surface area contributed by atoms with Crippen molar-refractivity contribution in [3.05, 3.63) is 0 Å². The largest absolute Gasteiger partial charge is 0.397 e. The zero-order valence-corrected chi connectivity index (χ0v) is 13.6. The lowest BCUT2D eigenvalue weighted by molar-refractivity contribution is -0.148. The van der Waals surface area contributed by atoms with Crippen molar-refractivity contribution in [3.8, 4) is 0 Å². The lowest BCUT2D eigenvalue weighted by Crippen LogP contribution is -2.52. The minimum Gasteiger partial charge on any atom is -0.388 e. The third-order valence-corrected chi connectivity index (χ3v) is 3.49. The molecule has 0 aromatic rings. The number of amides is 1. The van der Waals surface area contributed by atoms with Crippen LogP contribution in [-0.2, 0) is 19.4 Å². The number of carbonyl (C=O) groups excluding carboxylic acids is 1. The van der Waals surface area contributed by atoms with Crippen LogP contribution in [0.25, 0.3) is 0 Å². The molecule has 0 aliphatic heterocycles. The molecular formula is C12H25NO9S. The zero-order chi connectivity index (χ0) is 18.0. The minimum atomic E-state index is -4.83. The van der Waals surface area contributed by atoms with E-state index in [2.05, 4.69) is 9.50 Å². The van der Waals surface area contributed by atoms with Crippen molar-refractivity contribution in [1.82, 2.24) is 5.32 Å². The number of unbranched alkanes of at least 4 members (excludes halogenated alkanes) is 3. The molecule has 0 spiro atoms. The summed E-state index contributed by atoms with van der Waals surface area (Å²) in [6.45, 7) is 1.26. The third-order valence-electron chi connectivity index (χ3n) is 3.05. The van der Waals surface area contributed by atoms with Crippen LogP contribution in [0.1, 0.15) is 32.6 Å². The highest BCUT2D eigenvalue weighted by molar-refractivity contribution is 7.80. The van der Waals surface area contributed by atoms with Crippen LogP contribution in [0.5, 0.6) is 0 Å². The summed E-state index contributed by atoms with van der Waals surface area (Å²) in [5.41, 5.74) is 0. The molecule has 1 amide bonds. The van der Waals surface area contributed by atoms with Crippen molar-refractivity contribution in [1.29, 1.82) is 0 Å². The van der Waals surface area contributed by atoms with Gasteiger partial charge in [-0.25, -0.2) is 4.18 Å². The van der Waals surface area contributed by atoms with Crippen molar-refractivity contribution < 1.29 is 42.4 Å². The molecule has 138 valence electrons. The van der Waals surface area contributed by atoms with Gasteiger partial charge in [-0.1, -0.05) is 26.2 Å². The molecule has 0 aliphatic carbocycles. The Labute approximate surface area is 135 Å². The van der Waals surface area contributed by atoms with Gasteiger partial charge >= 0.3 is 10.4 Å². The van der Waals surface area contributed by atoms with Gasteiger partial charge in [0.2, 0.25) is 0 Å². The van der Waals surface area contributed by atoms with Gasteiger partial charge in [0.1, 0.15) is 18.3 Å². The molecule has 0 heterocycles. The number of aliphatic hydroxyl groups is 4. The monoisotopic (exact) mass is 359 g/mol. The zero-order valence-electron chi connectivity index (χ0n) is 12.8. The molecule has 0 bridgehead atoms. The van der Waals surface area contributed by atoms with Crippen LogP contribution >= 0.6 is 0 Å². The third kappa shape index (κ3) is 9.81. The van der Waals surface area contributed by atoms with Gasteiger partial charge in [0.05, 0.1) is 6.61 Å². The summed E-state index contributed by atoms with van der Waals surface area (Å²) in [4.78, 5) is 11.6. The summed E-state index contributed by atoms with van der Waals surface area (Å²) in [5.74, 6) is -0.934. The second-order valence-corrected chi connectivity index (χ2v) is 6.15. The molecule has 10 nitrogen and oxygen atoms in total. The maximum absolute atomic E-state index is 11.6. The average molecular weight is 359 g/mol. The van der Waals surface area contributed by atoms with Gasteiger partial charge in [0.15, 0.2) is 6.10 Å². The van der Waals surface area contributed by atoms with Crippen LogP contribution in [0, 0.1) is 0 Å². The molecular weight excluding hydrogens is 334 g/mol. The van der Waals surface area contributed by atoms with E-state index in [-0.39, 0.29) is 6.54 Å². The first-order valence-electron chi connectivity index (χ1n) is 7.22. The van der Waals surface area contributed by atoms with Crippen molar-refractivity contribution in [3.63, 3.8) is 0 Å². The van der Waals surface area contributed by atoms with E-state index >= 15 is 0 Å². The summed E-state index contributed by atoms with van der Waals surface area (Å²) in [6.07, 6.45) is -4.48. The summed E-state index contributed by atoms with van der Waals surface area (Å²) in [5, 5.41) is 40.5. The van der Waals surface area contributed by atoms with Crippen molar-refractivity contribution in [2.24, 2.45) is 0 Å². The molecule has 23 heavy (non-hydrogen) atoms. The molecule has 0 aromatic heterocycles. The topological polar surface area (TPSA) is 174 Å². The molecule has 0 rings (SSSR count). The number of nitrogens with one attached hydrogen (secondary N) is 1. The molecule has 0 radical (unpaired) electrons. The van der Waals surface area contributed by atoms with E-state index in [4.69, 9.17) is 4.55 Å². The van der Waals surface area contributed by atoms with Crippen molar-refractivity contribution >= 4 is 16.3 Å². The maximum atomic E-state index is 11.6. The fraction of sp³-hybridized carbons (Fsp3) is 0.917. The summed E-state index contributed by atoms with van der Waals surface area (Å²) in [7, 11) is -4.83. The normalized spacial score (nSPS) is 17.3. The Morgan fingerprint density at radius 1 is 1.09 bits per heavy atom. The highest BCUT2D eigenvalue weighted by Crippen LogP contribution is 2.07. The smallest absolute Gasteiger partial charge is 0.388 e. The summed E-state index contributed by atoms with van der Waals surface area (Å²) in [6, 6.07) is 0. The standard InChI is InChI=1S/C12H25NO9S/c1-2-3-4-5-6-13-12(18)11(17)10(16)9(15)8(14)7-22-23(19,20)21/h8-11,14-17H,2-7H2,1H3,(H,13,18)(H,19,20,21)/t8-,9-,10+,11-/m1/s1. The van der Waals surface area contributed by atoms with Crippen LogP contribution in [-0.4, -0.2) is 76.9 Å². The molecule has 11 heteroatoms. The molecule has 0 fully saturated rings. The number of hydrogen-bond donors (Lipinski definition) is 6. The van der Waals surface area contributed by atoms with Crippen LogP contribution < -0.4 is 5.32 Å². The molecule has 0 aliphatic rings. The van der Waals surface area contributed by atoms with Gasteiger partial charge in [-0.3, -0.25) is 9.35 Å². The summed E-state index contributed by atoms with van der Waals surface area (Å²) < 4.78 is 32.8. The molecule has 0 saturated carbocycles.